The Labute approximate surface area is 95.6 Å². The smallest absolute Gasteiger partial charge is 0.217 e. The Kier molecular flexibility index (Phi) is 4.57. The molecular formula is C9H13BrN2OS. The molecule has 1 aromatic heterocycles. The summed E-state index contributed by atoms with van der Waals surface area (Å²) in [4.78, 5) is 11.6. The van der Waals surface area contributed by atoms with Crippen LogP contribution in [0, 0.1) is 0 Å². The number of carbonyl (C=O) groups excluding carboxylic acids is 1. The van der Waals surface area contributed by atoms with Crippen molar-refractivity contribution in [2.75, 3.05) is 0 Å². The van der Waals surface area contributed by atoms with Crippen LogP contribution in [0.1, 0.15) is 30.2 Å². The molecule has 0 saturated carbocycles. The van der Waals surface area contributed by atoms with Crippen LogP contribution in [0.3, 0.4) is 0 Å². The Hall–Kier alpha value is -0.390. The van der Waals surface area contributed by atoms with Crippen molar-refractivity contribution in [3.8, 4) is 0 Å². The van der Waals surface area contributed by atoms with Gasteiger partial charge in [-0.2, -0.15) is 0 Å². The molecule has 0 aliphatic rings. The summed E-state index contributed by atoms with van der Waals surface area (Å²) < 4.78 is 1.05. The quantitative estimate of drug-likeness (QED) is 0.866. The third-order valence-corrected chi connectivity index (χ3v) is 3.92. The Bertz CT molecular complexity index is 314. The zero-order valence-corrected chi connectivity index (χ0v) is 10.1. The molecule has 1 aromatic rings. The maximum Gasteiger partial charge on any atom is 0.217 e. The largest absolute Gasteiger partial charge is 0.370 e. The second-order valence-corrected chi connectivity index (χ2v) is 4.90. The first-order chi connectivity index (χ1) is 6.61. The molecule has 1 rings (SSSR count). The fourth-order valence-electron chi connectivity index (χ4n) is 1.20. The van der Waals surface area contributed by atoms with Gasteiger partial charge in [0.05, 0.1) is 0 Å². The molecular weight excluding hydrogens is 264 g/mol. The lowest BCUT2D eigenvalue weighted by atomic mass is 10.1. The molecule has 0 spiro atoms. The zero-order valence-electron chi connectivity index (χ0n) is 7.70. The maximum atomic E-state index is 10.5. The Morgan fingerprint density at radius 1 is 1.64 bits per heavy atom. The first-order valence-corrected chi connectivity index (χ1v) is 6.05. The Balaban J connectivity index is 2.39. The third kappa shape index (κ3) is 3.40. The van der Waals surface area contributed by atoms with Crippen molar-refractivity contribution in [2.45, 2.75) is 25.3 Å². The summed E-state index contributed by atoms with van der Waals surface area (Å²) >= 11 is 5.05. The summed E-state index contributed by atoms with van der Waals surface area (Å²) in [6.07, 6.45) is 1.96. The van der Waals surface area contributed by atoms with E-state index in [0.29, 0.717) is 6.42 Å². The summed E-state index contributed by atoms with van der Waals surface area (Å²) in [6, 6.07) is 1.98. The molecule has 0 aromatic carbocycles. The van der Waals surface area contributed by atoms with Crippen molar-refractivity contribution in [1.82, 2.24) is 0 Å². The number of halogens is 1. The molecule has 1 heterocycles. The molecule has 0 bridgehead atoms. The van der Waals surface area contributed by atoms with Crippen molar-refractivity contribution in [3.63, 3.8) is 0 Å². The number of rotatable bonds is 5. The van der Waals surface area contributed by atoms with Crippen LogP contribution in [0.15, 0.2) is 15.9 Å². The first kappa shape index (κ1) is 11.7. The molecule has 0 radical (unpaired) electrons. The second kappa shape index (κ2) is 5.48. The van der Waals surface area contributed by atoms with Crippen LogP contribution in [0.5, 0.6) is 0 Å². The molecule has 0 fully saturated rings. The number of hydrogen-bond donors (Lipinski definition) is 2. The van der Waals surface area contributed by atoms with E-state index in [9.17, 15) is 4.79 Å². The van der Waals surface area contributed by atoms with Gasteiger partial charge >= 0.3 is 0 Å². The zero-order chi connectivity index (χ0) is 10.6. The van der Waals surface area contributed by atoms with Crippen molar-refractivity contribution in [2.24, 2.45) is 11.5 Å². The van der Waals surface area contributed by atoms with Crippen molar-refractivity contribution >= 4 is 33.2 Å². The molecule has 1 unspecified atom stereocenters. The van der Waals surface area contributed by atoms with Gasteiger partial charge in [-0.15, -0.1) is 11.3 Å². The van der Waals surface area contributed by atoms with E-state index >= 15 is 0 Å². The van der Waals surface area contributed by atoms with Crippen LogP contribution in [0.25, 0.3) is 0 Å². The van der Waals surface area contributed by atoms with Crippen molar-refractivity contribution < 1.29 is 4.79 Å². The van der Waals surface area contributed by atoms with E-state index in [4.69, 9.17) is 11.5 Å². The average Bonchev–Trinajstić information content (AvgIpc) is 2.50. The summed E-state index contributed by atoms with van der Waals surface area (Å²) in [5.74, 6) is -0.262. The number of hydrogen-bond acceptors (Lipinski definition) is 3. The number of nitrogens with two attached hydrogens (primary N) is 2. The lowest BCUT2D eigenvalue weighted by molar-refractivity contribution is -0.118. The number of carbonyl (C=O) groups is 1. The topological polar surface area (TPSA) is 69.1 Å². The highest BCUT2D eigenvalue weighted by molar-refractivity contribution is 9.10. The molecule has 5 heteroatoms. The standard InChI is InChI=1S/C9H13BrN2OS/c10-6-4-5-14-9(6)7(11)2-1-3-8(12)13/h4-5,7H,1-3,11H2,(H2,12,13). The van der Waals surface area contributed by atoms with Gasteiger partial charge in [0, 0.05) is 21.8 Å². The molecule has 1 atom stereocenters. The van der Waals surface area contributed by atoms with Gasteiger partial charge < -0.3 is 11.5 Å². The van der Waals surface area contributed by atoms with Crippen LogP contribution in [0.4, 0.5) is 0 Å². The van der Waals surface area contributed by atoms with Gasteiger partial charge in [0.1, 0.15) is 0 Å². The lowest BCUT2D eigenvalue weighted by Gasteiger charge is -2.09. The van der Waals surface area contributed by atoms with E-state index in [1.54, 1.807) is 11.3 Å². The molecule has 1 amide bonds. The van der Waals surface area contributed by atoms with Crippen LogP contribution in [-0.2, 0) is 4.79 Å². The first-order valence-electron chi connectivity index (χ1n) is 4.38. The minimum atomic E-state index is -0.262. The molecule has 0 aliphatic carbocycles. The predicted molar refractivity (Wildman–Crippen MR) is 62.0 cm³/mol. The Morgan fingerprint density at radius 3 is 2.86 bits per heavy atom. The SMILES string of the molecule is NC(=O)CCCC(N)c1sccc1Br. The summed E-state index contributed by atoms with van der Waals surface area (Å²) in [6.45, 7) is 0. The Morgan fingerprint density at radius 2 is 2.36 bits per heavy atom. The molecule has 3 nitrogen and oxygen atoms in total. The van der Waals surface area contributed by atoms with E-state index in [0.717, 1.165) is 22.2 Å². The van der Waals surface area contributed by atoms with E-state index in [2.05, 4.69) is 15.9 Å². The number of amides is 1. The monoisotopic (exact) mass is 276 g/mol. The van der Waals surface area contributed by atoms with Crippen LogP contribution < -0.4 is 11.5 Å². The normalized spacial score (nSPS) is 12.7. The fourth-order valence-corrected chi connectivity index (χ4v) is 2.90. The molecule has 0 saturated heterocycles. The van der Waals surface area contributed by atoms with Crippen LogP contribution in [-0.4, -0.2) is 5.91 Å². The van der Waals surface area contributed by atoms with Gasteiger partial charge in [0.15, 0.2) is 0 Å². The summed E-state index contributed by atoms with van der Waals surface area (Å²) in [5.41, 5.74) is 11.0. The average molecular weight is 277 g/mol. The third-order valence-electron chi connectivity index (χ3n) is 1.92. The van der Waals surface area contributed by atoms with E-state index in [1.165, 1.54) is 0 Å². The number of primary amides is 1. The minimum Gasteiger partial charge on any atom is -0.370 e. The number of thiophene rings is 1. The minimum absolute atomic E-state index is 0.00345. The van der Waals surface area contributed by atoms with Crippen molar-refractivity contribution in [3.05, 3.63) is 20.8 Å². The molecule has 4 N–H and O–H groups in total. The molecule has 78 valence electrons. The van der Waals surface area contributed by atoms with Gasteiger partial charge in [0.25, 0.3) is 0 Å². The highest BCUT2D eigenvalue weighted by Crippen LogP contribution is 2.30. The van der Waals surface area contributed by atoms with Crippen LogP contribution >= 0.6 is 27.3 Å². The van der Waals surface area contributed by atoms with E-state index < -0.39 is 0 Å². The molecule has 0 aliphatic heterocycles. The molecule has 14 heavy (non-hydrogen) atoms. The van der Waals surface area contributed by atoms with Crippen LogP contribution in [0.2, 0.25) is 0 Å². The van der Waals surface area contributed by atoms with Gasteiger partial charge in [-0.25, -0.2) is 0 Å². The highest BCUT2D eigenvalue weighted by atomic mass is 79.9. The summed E-state index contributed by atoms with van der Waals surface area (Å²) in [5, 5.41) is 1.99. The predicted octanol–water partition coefficient (Wildman–Crippen LogP) is 2.17. The highest BCUT2D eigenvalue weighted by Gasteiger charge is 2.11. The second-order valence-electron chi connectivity index (χ2n) is 3.10. The maximum absolute atomic E-state index is 10.5. The summed E-state index contributed by atoms with van der Waals surface area (Å²) in [7, 11) is 0. The van der Waals surface area contributed by atoms with Gasteiger partial charge in [-0.3, -0.25) is 4.79 Å². The van der Waals surface area contributed by atoms with E-state index in [1.807, 2.05) is 11.4 Å². The van der Waals surface area contributed by atoms with Crippen molar-refractivity contribution in [1.29, 1.82) is 0 Å². The fraction of sp³-hybridized carbons (Fsp3) is 0.444. The van der Waals surface area contributed by atoms with Gasteiger partial charge in [-0.05, 0) is 40.2 Å². The lowest BCUT2D eigenvalue weighted by Crippen LogP contribution is -2.13. The van der Waals surface area contributed by atoms with Gasteiger partial charge in [-0.1, -0.05) is 0 Å². The van der Waals surface area contributed by atoms with Gasteiger partial charge in [0.2, 0.25) is 5.91 Å². The van der Waals surface area contributed by atoms with E-state index in [-0.39, 0.29) is 11.9 Å².